The Bertz CT molecular complexity index is 661. The molecular weight excluding hydrogens is 358 g/mol. The predicted octanol–water partition coefficient (Wildman–Crippen LogP) is 3.42. The SMILES string of the molecule is CC(C)CCOc1ccccc1CNC(=O)c1csc(CCN)n1.Cl. The van der Waals surface area contributed by atoms with Gasteiger partial charge >= 0.3 is 0 Å². The molecule has 0 saturated carbocycles. The van der Waals surface area contributed by atoms with Crippen molar-refractivity contribution >= 4 is 29.7 Å². The van der Waals surface area contributed by atoms with Crippen molar-refractivity contribution in [3.63, 3.8) is 0 Å². The topological polar surface area (TPSA) is 77.2 Å². The summed E-state index contributed by atoms with van der Waals surface area (Å²) in [5, 5.41) is 5.56. The minimum atomic E-state index is -0.175. The van der Waals surface area contributed by atoms with Crippen LogP contribution in [0.5, 0.6) is 5.75 Å². The highest BCUT2D eigenvalue weighted by Gasteiger charge is 2.11. The van der Waals surface area contributed by atoms with Gasteiger partial charge in [-0.3, -0.25) is 4.79 Å². The molecule has 3 N–H and O–H groups in total. The summed E-state index contributed by atoms with van der Waals surface area (Å²) in [7, 11) is 0. The molecular formula is C18H26ClN3O2S. The first-order valence-electron chi connectivity index (χ1n) is 8.23. The number of halogens is 1. The van der Waals surface area contributed by atoms with Gasteiger partial charge in [-0.2, -0.15) is 0 Å². The Morgan fingerprint density at radius 2 is 2.12 bits per heavy atom. The molecule has 0 bridgehead atoms. The van der Waals surface area contributed by atoms with Crippen molar-refractivity contribution in [3.8, 4) is 5.75 Å². The second kappa shape index (κ2) is 11.1. The Morgan fingerprint density at radius 3 is 2.84 bits per heavy atom. The average Bonchev–Trinajstić information content (AvgIpc) is 3.02. The van der Waals surface area contributed by atoms with Gasteiger partial charge in [0.2, 0.25) is 0 Å². The largest absolute Gasteiger partial charge is 0.493 e. The van der Waals surface area contributed by atoms with Crippen LogP contribution in [-0.2, 0) is 13.0 Å². The zero-order valence-electron chi connectivity index (χ0n) is 14.7. The number of para-hydroxylation sites is 1. The average molecular weight is 384 g/mol. The van der Waals surface area contributed by atoms with E-state index < -0.39 is 0 Å². The van der Waals surface area contributed by atoms with Gasteiger partial charge in [-0.05, 0) is 24.9 Å². The van der Waals surface area contributed by atoms with Crippen molar-refractivity contribution < 1.29 is 9.53 Å². The molecule has 1 aromatic heterocycles. The molecule has 5 nitrogen and oxygen atoms in total. The van der Waals surface area contributed by atoms with Crippen LogP contribution >= 0.6 is 23.7 Å². The Labute approximate surface area is 159 Å². The van der Waals surface area contributed by atoms with Crippen molar-refractivity contribution in [2.24, 2.45) is 11.7 Å². The van der Waals surface area contributed by atoms with Gasteiger partial charge in [0, 0.05) is 23.9 Å². The maximum absolute atomic E-state index is 12.2. The minimum Gasteiger partial charge on any atom is -0.493 e. The number of carbonyl (C=O) groups is 1. The smallest absolute Gasteiger partial charge is 0.271 e. The summed E-state index contributed by atoms with van der Waals surface area (Å²) in [4.78, 5) is 16.5. The van der Waals surface area contributed by atoms with Crippen LogP contribution in [0.1, 0.15) is 41.3 Å². The molecule has 0 aliphatic carbocycles. The summed E-state index contributed by atoms with van der Waals surface area (Å²) in [6, 6.07) is 7.78. The molecule has 7 heteroatoms. The molecule has 0 saturated heterocycles. The molecule has 0 fully saturated rings. The van der Waals surface area contributed by atoms with Crippen LogP contribution in [0.3, 0.4) is 0 Å². The van der Waals surface area contributed by atoms with Gasteiger partial charge in [0.1, 0.15) is 11.4 Å². The lowest BCUT2D eigenvalue weighted by Gasteiger charge is -2.12. The predicted molar refractivity (Wildman–Crippen MR) is 105 cm³/mol. The molecule has 0 unspecified atom stereocenters. The van der Waals surface area contributed by atoms with E-state index in [9.17, 15) is 4.79 Å². The van der Waals surface area contributed by atoms with Crippen LogP contribution in [0.4, 0.5) is 0 Å². The Kier molecular flexibility index (Phi) is 9.49. The second-order valence-corrected chi connectivity index (χ2v) is 6.93. The van der Waals surface area contributed by atoms with E-state index in [-0.39, 0.29) is 18.3 Å². The molecule has 1 heterocycles. The highest BCUT2D eigenvalue weighted by Crippen LogP contribution is 2.19. The van der Waals surface area contributed by atoms with Crippen LogP contribution < -0.4 is 15.8 Å². The molecule has 0 spiro atoms. The highest BCUT2D eigenvalue weighted by atomic mass is 35.5. The molecule has 0 atom stereocenters. The summed E-state index contributed by atoms with van der Waals surface area (Å²) < 4.78 is 5.84. The third-order valence-electron chi connectivity index (χ3n) is 3.51. The maximum atomic E-state index is 12.2. The van der Waals surface area contributed by atoms with E-state index in [2.05, 4.69) is 24.1 Å². The Balaban J connectivity index is 0.00000312. The number of nitrogens with zero attached hydrogens (tertiary/aromatic N) is 1. The van der Waals surface area contributed by atoms with Crippen molar-refractivity contribution in [1.29, 1.82) is 0 Å². The first-order chi connectivity index (χ1) is 11.6. The number of hydrogen-bond acceptors (Lipinski definition) is 5. The van der Waals surface area contributed by atoms with Crippen molar-refractivity contribution in [3.05, 3.63) is 45.9 Å². The van der Waals surface area contributed by atoms with Crippen molar-refractivity contribution in [2.45, 2.75) is 33.2 Å². The number of rotatable bonds is 9. The van der Waals surface area contributed by atoms with Gasteiger partial charge < -0.3 is 15.8 Å². The van der Waals surface area contributed by atoms with Gasteiger partial charge in [-0.1, -0.05) is 32.0 Å². The number of ether oxygens (including phenoxy) is 1. The molecule has 0 radical (unpaired) electrons. The van der Waals surface area contributed by atoms with Crippen LogP contribution in [0.25, 0.3) is 0 Å². The quantitative estimate of drug-likeness (QED) is 0.695. The number of benzene rings is 1. The standard InChI is InChI=1S/C18H25N3O2S.ClH/c1-13(2)8-10-23-16-6-4-3-5-14(16)11-20-18(22)15-12-24-17(21-15)7-9-19;/h3-6,12-13H,7-11,19H2,1-2H3,(H,20,22);1H. The van der Waals surface area contributed by atoms with Crippen LogP contribution in [0.15, 0.2) is 29.6 Å². The second-order valence-electron chi connectivity index (χ2n) is 5.99. The van der Waals surface area contributed by atoms with E-state index >= 15 is 0 Å². The third kappa shape index (κ3) is 7.02. The Morgan fingerprint density at radius 1 is 1.36 bits per heavy atom. The van der Waals surface area contributed by atoms with E-state index in [1.165, 1.54) is 11.3 Å². The highest BCUT2D eigenvalue weighted by molar-refractivity contribution is 7.09. The lowest BCUT2D eigenvalue weighted by atomic mass is 10.1. The zero-order chi connectivity index (χ0) is 17.4. The van der Waals surface area contributed by atoms with Crippen molar-refractivity contribution in [2.75, 3.05) is 13.2 Å². The first-order valence-corrected chi connectivity index (χ1v) is 9.11. The summed E-state index contributed by atoms with van der Waals surface area (Å²) in [6.45, 7) is 5.97. The van der Waals surface area contributed by atoms with Crippen molar-refractivity contribution in [1.82, 2.24) is 10.3 Å². The summed E-state index contributed by atoms with van der Waals surface area (Å²) >= 11 is 1.46. The fourth-order valence-electron chi connectivity index (χ4n) is 2.11. The lowest BCUT2D eigenvalue weighted by molar-refractivity contribution is 0.0946. The molecule has 1 aromatic carbocycles. The summed E-state index contributed by atoms with van der Waals surface area (Å²) in [5.74, 6) is 1.25. The maximum Gasteiger partial charge on any atom is 0.271 e. The number of amides is 1. The van der Waals surface area contributed by atoms with E-state index in [4.69, 9.17) is 10.5 Å². The zero-order valence-corrected chi connectivity index (χ0v) is 16.3. The van der Waals surface area contributed by atoms with E-state index in [0.29, 0.717) is 37.7 Å². The van der Waals surface area contributed by atoms with E-state index in [0.717, 1.165) is 22.7 Å². The van der Waals surface area contributed by atoms with Gasteiger partial charge in [0.25, 0.3) is 5.91 Å². The Hall–Kier alpha value is -1.63. The van der Waals surface area contributed by atoms with E-state index in [1.807, 2.05) is 24.3 Å². The van der Waals surface area contributed by atoms with Crippen LogP contribution in [0, 0.1) is 5.92 Å². The first kappa shape index (κ1) is 21.4. The molecule has 138 valence electrons. The number of aromatic nitrogens is 1. The monoisotopic (exact) mass is 383 g/mol. The van der Waals surface area contributed by atoms with Gasteiger partial charge in [-0.15, -0.1) is 23.7 Å². The van der Waals surface area contributed by atoms with E-state index in [1.54, 1.807) is 5.38 Å². The van der Waals surface area contributed by atoms with Gasteiger partial charge in [-0.25, -0.2) is 4.98 Å². The number of nitrogens with two attached hydrogens (primary N) is 1. The normalized spacial score (nSPS) is 10.4. The van der Waals surface area contributed by atoms with Crippen LogP contribution in [-0.4, -0.2) is 24.0 Å². The molecule has 25 heavy (non-hydrogen) atoms. The molecule has 0 aliphatic heterocycles. The number of nitrogens with one attached hydrogen (secondary N) is 1. The van der Waals surface area contributed by atoms with Gasteiger partial charge in [0.05, 0.1) is 11.6 Å². The summed E-state index contributed by atoms with van der Waals surface area (Å²) in [6.07, 6.45) is 1.70. The van der Waals surface area contributed by atoms with Gasteiger partial charge in [0.15, 0.2) is 0 Å². The fourth-order valence-corrected chi connectivity index (χ4v) is 2.91. The third-order valence-corrected chi connectivity index (χ3v) is 4.42. The number of carbonyl (C=O) groups excluding carboxylic acids is 1. The van der Waals surface area contributed by atoms with Crippen LogP contribution in [0.2, 0.25) is 0 Å². The molecule has 1 amide bonds. The summed E-state index contributed by atoms with van der Waals surface area (Å²) in [5.41, 5.74) is 6.92. The number of hydrogen-bond donors (Lipinski definition) is 2. The number of thiazole rings is 1. The fraction of sp³-hybridized carbons (Fsp3) is 0.444. The molecule has 2 rings (SSSR count). The molecule has 2 aromatic rings. The molecule has 0 aliphatic rings. The lowest BCUT2D eigenvalue weighted by Crippen LogP contribution is -2.23. The minimum absolute atomic E-state index is 0.